The Morgan fingerprint density at radius 1 is 1.43 bits per heavy atom. The summed E-state index contributed by atoms with van der Waals surface area (Å²) in [7, 11) is 0. The summed E-state index contributed by atoms with van der Waals surface area (Å²) in [6.45, 7) is 7.21. The van der Waals surface area contributed by atoms with Crippen LogP contribution in [0, 0.1) is 0 Å². The lowest BCUT2D eigenvalue weighted by atomic mass is 10.0. The molecule has 3 heteroatoms. The molecule has 0 atom stereocenters. The Morgan fingerprint density at radius 3 is 2.64 bits per heavy atom. The van der Waals surface area contributed by atoms with E-state index in [2.05, 4.69) is 31.1 Å². The molecular formula is C11H18N2O. The van der Waals surface area contributed by atoms with Gasteiger partial charge in [0.05, 0.1) is 11.9 Å². The minimum atomic E-state index is 0.138. The van der Waals surface area contributed by atoms with Crippen LogP contribution in [0.15, 0.2) is 18.3 Å². The van der Waals surface area contributed by atoms with Gasteiger partial charge in [-0.15, -0.1) is 0 Å². The maximum absolute atomic E-state index is 9.05. The van der Waals surface area contributed by atoms with Crippen molar-refractivity contribution in [3.05, 3.63) is 24.0 Å². The van der Waals surface area contributed by atoms with Crippen LogP contribution in [0.5, 0.6) is 5.75 Å². The van der Waals surface area contributed by atoms with Crippen molar-refractivity contribution in [3.8, 4) is 5.75 Å². The lowest BCUT2D eigenvalue weighted by Crippen LogP contribution is -2.37. The van der Waals surface area contributed by atoms with Gasteiger partial charge >= 0.3 is 0 Å². The molecule has 2 N–H and O–H groups in total. The molecule has 0 saturated heterocycles. The molecule has 1 aromatic rings. The average Bonchev–Trinajstić information content (AvgIpc) is 2.17. The van der Waals surface area contributed by atoms with E-state index in [-0.39, 0.29) is 11.3 Å². The van der Waals surface area contributed by atoms with Gasteiger partial charge in [0.1, 0.15) is 5.75 Å². The monoisotopic (exact) mass is 194 g/mol. The largest absolute Gasteiger partial charge is 0.506 e. The first-order valence-electron chi connectivity index (χ1n) is 4.92. The molecule has 0 spiro atoms. The smallest absolute Gasteiger partial charge is 0.133 e. The third-order valence-corrected chi connectivity index (χ3v) is 2.44. The van der Waals surface area contributed by atoms with Crippen LogP contribution in [0.25, 0.3) is 0 Å². The summed E-state index contributed by atoms with van der Waals surface area (Å²) >= 11 is 0. The predicted octanol–water partition coefficient (Wildman–Crippen LogP) is 2.07. The van der Waals surface area contributed by atoms with Crippen LogP contribution in [0.1, 0.15) is 32.9 Å². The number of pyridine rings is 1. The van der Waals surface area contributed by atoms with Gasteiger partial charge in [0.15, 0.2) is 0 Å². The highest BCUT2D eigenvalue weighted by Gasteiger charge is 2.13. The molecule has 14 heavy (non-hydrogen) atoms. The fourth-order valence-electron chi connectivity index (χ4n) is 0.976. The standard InChI is InChI=1S/C11H18N2O/c1-4-11(2,3)13-7-9-5-6-10(14)8-12-9/h5-6,8,13-14H,4,7H2,1-3H3. The number of rotatable bonds is 4. The second kappa shape index (κ2) is 4.42. The third kappa shape index (κ3) is 3.34. The molecular weight excluding hydrogens is 176 g/mol. The van der Waals surface area contributed by atoms with Gasteiger partial charge in [0.25, 0.3) is 0 Å². The van der Waals surface area contributed by atoms with Crippen molar-refractivity contribution in [2.75, 3.05) is 0 Å². The molecule has 3 nitrogen and oxygen atoms in total. The molecule has 1 aromatic heterocycles. The van der Waals surface area contributed by atoms with Crippen molar-refractivity contribution < 1.29 is 5.11 Å². The van der Waals surface area contributed by atoms with Crippen molar-refractivity contribution in [1.29, 1.82) is 0 Å². The fourth-order valence-corrected chi connectivity index (χ4v) is 0.976. The van der Waals surface area contributed by atoms with Crippen molar-refractivity contribution in [3.63, 3.8) is 0 Å². The Kier molecular flexibility index (Phi) is 3.47. The molecule has 0 aliphatic heterocycles. The summed E-state index contributed by atoms with van der Waals surface area (Å²) in [4.78, 5) is 4.10. The van der Waals surface area contributed by atoms with Gasteiger partial charge in [-0.1, -0.05) is 6.92 Å². The second-order valence-corrected chi connectivity index (χ2v) is 4.10. The van der Waals surface area contributed by atoms with Gasteiger partial charge in [-0.25, -0.2) is 0 Å². The van der Waals surface area contributed by atoms with E-state index in [0.29, 0.717) is 0 Å². The molecule has 0 unspecified atom stereocenters. The zero-order valence-electron chi connectivity index (χ0n) is 9.04. The minimum absolute atomic E-state index is 0.138. The molecule has 78 valence electrons. The highest BCUT2D eigenvalue weighted by atomic mass is 16.3. The second-order valence-electron chi connectivity index (χ2n) is 4.10. The van der Waals surface area contributed by atoms with Crippen LogP contribution in [0.4, 0.5) is 0 Å². The van der Waals surface area contributed by atoms with Crippen molar-refractivity contribution in [2.45, 2.75) is 39.3 Å². The molecule has 0 fully saturated rings. The molecule has 0 aliphatic rings. The molecule has 1 rings (SSSR count). The van der Waals surface area contributed by atoms with Gasteiger partial charge in [-0.2, -0.15) is 0 Å². The summed E-state index contributed by atoms with van der Waals surface area (Å²) in [5.41, 5.74) is 1.09. The van der Waals surface area contributed by atoms with Gasteiger partial charge in [0.2, 0.25) is 0 Å². The van der Waals surface area contributed by atoms with Crippen LogP contribution < -0.4 is 5.32 Å². The van der Waals surface area contributed by atoms with Gasteiger partial charge in [-0.05, 0) is 32.4 Å². The number of aromatic nitrogens is 1. The van der Waals surface area contributed by atoms with E-state index in [1.807, 2.05) is 6.07 Å². The van der Waals surface area contributed by atoms with E-state index in [1.165, 1.54) is 6.20 Å². The van der Waals surface area contributed by atoms with Crippen molar-refractivity contribution >= 4 is 0 Å². The van der Waals surface area contributed by atoms with Crippen molar-refractivity contribution in [1.82, 2.24) is 10.3 Å². The maximum Gasteiger partial charge on any atom is 0.133 e. The molecule has 0 saturated carbocycles. The summed E-state index contributed by atoms with van der Waals surface area (Å²) < 4.78 is 0. The molecule has 0 aliphatic carbocycles. The Bertz CT molecular complexity index is 280. The molecule has 0 amide bonds. The highest BCUT2D eigenvalue weighted by Crippen LogP contribution is 2.10. The first kappa shape index (κ1) is 11.0. The summed E-state index contributed by atoms with van der Waals surface area (Å²) in [6, 6.07) is 3.48. The normalized spacial score (nSPS) is 11.6. The number of nitrogens with one attached hydrogen (secondary N) is 1. The molecule has 0 aromatic carbocycles. The first-order valence-corrected chi connectivity index (χ1v) is 4.92. The average molecular weight is 194 g/mol. The summed E-state index contributed by atoms with van der Waals surface area (Å²) in [6.07, 6.45) is 2.54. The SMILES string of the molecule is CCC(C)(C)NCc1ccc(O)cn1. The highest BCUT2D eigenvalue weighted by molar-refractivity contribution is 5.17. The van der Waals surface area contributed by atoms with Gasteiger partial charge in [0, 0.05) is 12.1 Å². The molecule has 0 bridgehead atoms. The topological polar surface area (TPSA) is 45.1 Å². The zero-order valence-corrected chi connectivity index (χ0v) is 9.04. The third-order valence-electron chi connectivity index (χ3n) is 2.44. The van der Waals surface area contributed by atoms with Crippen LogP contribution >= 0.6 is 0 Å². The van der Waals surface area contributed by atoms with Gasteiger partial charge in [-0.3, -0.25) is 4.98 Å². The minimum Gasteiger partial charge on any atom is -0.506 e. The Morgan fingerprint density at radius 2 is 2.14 bits per heavy atom. The maximum atomic E-state index is 9.05. The van der Waals surface area contributed by atoms with E-state index in [1.54, 1.807) is 6.07 Å². The van der Waals surface area contributed by atoms with E-state index in [9.17, 15) is 0 Å². The van der Waals surface area contributed by atoms with E-state index in [0.717, 1.165) is 18.7 Å². The molecule has 0 radical (unpaired) electrons. The Labute approximate surface area is 85.2 Å². The zero-order chi connectivity index (χ0) is 10.6. The number of hydrogen-bond donors (Lipinski definition) is 2. The first-order chi connectivity index (χ1) is 6.53. The predicted molar refractivity (Wildman–Crippen MR) is 57.1 cm³/mol. The van der Waals surface area contributed by atoms with Crippen LogP contribution in [0.2, 0.25) is 0 Å². The number of nitrogens with zero attached hydrogens (tertiary/aromatic N) is 1. The number of hydrogen-bond acceptors (Lipinski definition) is 3. The van der Waals surface area contributed by atoms with Crippen LogP contribution in [0.3, 0.4) is 0 Å². The summed E-state index contributed by atoms with van der Waals surface area (Å²) in [5.74, 6) is 0.212. The lowest BCUT2D eigenvalue weighted by Gasteiger charge is -2.24. The van der Waals surface area contributed by atoms with Crippen LogP contribution in [-0.2, 0) is 6.54 Å². The number of aromatic hydroxyl groups is 1. The Balaban J connectivity index is 2.50. The Hall–Kier alpha value is -1.09. The quantitative estimate of drug-likeness (QED) is 0.771. The van der Waals surface area contributed by atoms with Gasteiger partial charge < -0.3 is 10.4 Å². The summed E-state index contributed by atoms with van der Waals surface area (Å²) in [5, 5.41) is 12.4. The lowest BCUT2D eigenvalue weighted by molar-refractivity contribution is 0.372. The van der Waals surface area contributed by atoms with E-state index < -0.39 is 0 Å². The van der Waals surface area contributed by atoms with E-state index >= 15 is 0 Å². The van der Waals surface area contributed by atoms with Crippen molar-refractivity contribution in [2.24, 2.45) is 0 Å². The molecule has 1 heterocycles. The van der Waals surface area contributed by atoms with Crippen LogP contribution in [-0.4, -0.2) is 15.6 Å². The van der Waals surface area contributed by atoms with E-state index in [4.69, 9.17) is 5.11 Å². The fraction of sp³-hybridized carbons (Fsp3) is 0.545.